The van der Waals surface area contributed by atoms with Gasteiger partial charge in [-0.1, -0.05) is 40.5 Å². The minimum atomic E-state index is 0.00775. The molecule has 0 amide bonds. The van der Waals surface area contributed by atoms with E-state index in [2.05, 4.69) is 27.7 Å². The summed E-state index contributed by atoms with van der Waals surface area (Å²) < 4.78 is 0. The molecule has 0 aromatic rings. The molecule has 1 nitrogen and oxygen atoms in total. The minimum absolute atomic E-state index is 0.00775. The van der Waals surface area contributed by atoms with Gasteiger partial charge in [0.25, 0.3) is 0 Å². The zero-order valence-corrected chi connectivity index (χ0v) is 13.0. The first-order chi connectivity index (χ1) is 8.95. The number of aliphatic hydroxyl groups excluding tert-OH is 1. The molecule has 0 heterocycles. The second-order valence-electron chi connectivity index (χ2n) is 8.84. The van der Waals surface area contributed by atoms with Crippen LogP contribution in [0.25, 0.3) is 0 Å². The van der Waals surface area contributed by atoms with Crippen LogP contribution in [-0.4, -0.2) is 11.2 Å². The van der Waals surface area contributed by atoms with Crippen LogP contribution in [-0.2, 0) is 0 Å². The fourth-order valence-electron chi connectivity index (χ4n) is 7.47. The maximum atomic E-state index is 10.9. The third-order valence-corrected chi connectivity index (χ3v) is 8.18. The van der Waals surface area contributed by atoms with Gasteiger partial charge in [-0.2, -0.15) is 0 Å². The van der Waals surface area contributed by atoms with Crippen LogP contribution in [0.3, 0.4) is 0 Å². The Morgan fingerprint density at radius 1 is 1.05 bits per heavy atom. The van der Waals surface area contributed by atoms with Crippen molar-refractivity contribution < 1.29 is 5.11 Å². The average Bonchev–Trinajstić information content (AvgIpc) is 2.95. The van der Waals surface area contributed by atoms with E-state index in [0.717, 1.165) is 17.8 Å². The largest absolute Gasteiger partial charge is 0.393 e. The summed E-state index contributed by atoms with van der Waals surface area (Å²) in [4.78, 5) is 0. The first-order valence-corrected chi connectivity index (χ1v) is 8.63. The molecule has 4 aliphatic carbocycles. The van der Waals surface area contributed by atoms with Crippen LogP contribution in [0.5, 0.6) is 0 Å². The molecule has 0 aromatic carbocycles. The quantitative estimate of drug-likeness (QED) is 0.754. The van der Waals surface area contributed by atoms with Gasteiger partial charge in [0.15, 0.2) is 0 Å². The predicted octanol–water partition coefficient (Wildman–Crippen LogP) is 4.10. The highest BCUT2D eigenvalue weighted by molar-refractivity contribution is 5.34. The van der Waals surface area contributed by atoms with Crippen molar-refractivity contribution in [3.05, 3.63) is 0 Å². The van der Waals surface area contributed by atoms with Gasteiger partial charge in [0.1, 0.15) is 0 Å². The third-order valence-electron chi connectivity index (χ3n) is 8.18. The zero-order valence-electron chi connectivity index (χ0n) is 13.0. The number of aliphatic hydroxyl groups is 1. The van der Waals surface area contributed by atoms with Crippen molar-refractivity contribution >= 4 is 0 Å². The first kappa shape index (κ1) is 12.7. The highest BCUT2D eigenvalue weighted by Crippen LogP contribution is 2.90. The molecule has 4 aliphatic rings. The number of fused-ring (bicyclic) bond motifs is 3. The highest BCUT2D eigenvalue weighted by atomic mass is 16.3. The number of rotatable bonds is 1. The zero-order chi connectivity index (χ0) is 13.6. The topological polar surface area (TPSA) is 20.2 Å². The Hall–Kier alpha value is -0.0400. The lowest BCUT2D eigenvalue weighted by molar-refractivity contribution is -0.126. The van der Waals surface area contributed by atoms with E-state index >= 15 is 0 Å². The third kappa shape index (κ3) is 1.19. The summed E-state index contributed by atoms with van der Waals surface area (Å²) in [5.74, 6) is 4.63. The van der Waals surface area contributed by atoms with Crippen LogP contribution >= 0.6 is 0 Å². The normalized spacial score (nSPS) is 62.8. The SMILES string of the molecule is CC(C)[C@@H]1CC[C@@]23C(C1O)[C@@H]2[C@@H]1[C@H](C)CCC[C@]13C. The van der Waals surface area contributed by atoms with Crippen LogP contribution in [0.1, 0.15) is 59.8 Å². The Morgan fingerprint density at radius 3 is 2.47 bits per heavy atom. The second-order valence-corrected chi connectivity index (χ2v) is 8.84. The monoisotopic (exact) mass is 262 g/mol. The van der Waals surface area contributed by atoms with Crippen molar-refractivity contribution in [2.24, 2.45) is 46.3 Å². The van der Waals surface area contributed by atoms with Gasteiger partial charge in [0.05, 0.1) is 6.10 Å². The molecule has 0 aliphatic heterocycles. The van der Waals surface area contributed by atoms with Crippen molar-refractivity contribution in [3.63, 3.8) is 0 Å². The van der Waals surface area contributed by atoms with Crippen LogP contribution in [0.15, 0.2) is 0 Å². The van der Waals surface area contributed by atoms with E-state index in [4.69, 9.17) is 0 Å². The molecule has 1 N–H and O–H groups in total. The molecule has 108 valence electrons. The van der Waals surface area contributed by atoms with Crippen LogP contribution in [0.4, 0.5) is 0 Å². The lowest BCUT2D eigenvalue weighted by Gasteiger charge is -2.60. The summed E-state index contributed by atoms with van der Waals surface area (Å²) in [6.07, 6.45) is 7.01. The van der Waals surface area contributed by atoms with E-state index in [-0.39, 0.29) is 6.10 Å². The van der Waals surface area contributed by atoms with E-state index in [9.17, 15) is 5.11 Å². The van der Waals surface area contributed by atoms with E-state index < -0.39 is 0 Å². The Balaban J connectivity index is 1.65. The number of hydrogen-bond donors (Lipinski definition) is 1. The molecular weight excluding hydrogens is 232 g/mol. The summed E-state index contributed by atoms with van der Waals surface area (Å²) in [6.45, 7) is 9.65. The molecule has 0 radical (unpaired) electrons. The maximum absolute atomic E-state index is 10.9. The molecule has 0 bridgehead atoms. The second kappa shape index (κ2) is 3.59. The average molecular weight is 262 g/mol. The minimum Gasteiger partial charge on any atom is -0.393 e. The van der Waals surface area contributed by atoms with Gasteiger partial charge in [-0.05, 0) is 65.6 Å². The smallest absolute Gasteiger partial charge is 0.0607 e. The van der Waals surface area contributed by atoms with Crippen molar-refractivity contribution in [2.75, 3.05) is 0 Å². The lowest BCUT2D eigenvalue weighted by atomic mass is 9.44. The molecular formula is C18H30O. The van der Waals surface area contributed by atoms with Gasteiger partial charge >= 0.3 is 0 Å². The molecule has 0 aromatic heterocycles. The highest BCUT2D eigenvalue weighted by Gasteiger charge is 2.87. The van der Waals surface area contributed by atoms with Crippen molar-refractivity contribution in [3.8, 4) is 0 Å². The first-order valence-electron chi connectivity index (χ1n) is 8.63. The molecule has 2 unspecified atom stereocenters. The van der Waals surface area contributed by atoms with E-state index in [1.165, 1.54) is 32.1 Å². The van der Waals surface area contributed by atoms with E-state index in [1.54, 1.807) is 0 Å². The Kier molecular flexibility index (Phi) is 2.39. The Morgan fingerprint density at radius 2 is 1.79 bits per heavy atom. The van der Waals surface area contributed by atoms with Crippen molar-refractivity contribution in [1.29, 1.82) is 0 Å². The van der Waals surface area contributed by atoms with Gasteiger partial charge in [0.2, 0.25) is 0 Å². The number of hydrogen-bond acceptors (Lipinski definition) is 1. The molecule has 19 heavy (non-hydrogen) atoms. The van der Waals surface area contributed by atoms with Gasteiger partial charge < -0.3 is 5.11 Å². The summed E-state index contributed by atoms with van der Waals surface area (Å²) in [7, 11) is 0. The maximum Gasteiger partial charge on any atom is 0.0607 e. The molecule has 4 fully saturated rings. The molecule has 4 saturated carbocycles. The fourth-order valence-corrected chi connectivity index (χ4v) is 7.47. The Bertz CT molecular complexity index is 402. The van der Waals surface area contributed by atoms with Gasteiger partial charge in [-0.25, -0.2) is 0 Å². The summed E-state index contributed by atoms with van der Waals surface area (Å²) >= 11 is 0. The molecule has 1 spiro atoms. The molecule has 8 atom stereocenters. The van der Waals surface area contributed by atoms with Crippen molar-refractivity contribution in [2.45, 2.75) is 65.9 Å². The van der Waals surface area contributed by atoms with Crippen LogP contribution in [0, 0.1) is 46.3 Å². The standard InChI is InChI=1S/C18H30O/c1-10(2)12-7-9-18-14(15(18)16(12)19)13-11(3)6-5-8-17(13,18)4/h10-16,19H,5-9H2,1-4H3/t11-,12+,13+,14+,15?,16?,17-,18+/m1/s1. The van der Waals surface area contributed by atoms with Gasteiger partial charge in [-0.3, -0.25) is 0 Å². The molecule has 1 heteroatoms. The predicted molar refractivity (Wildman–Crippen MR) is 77.6 cm³/mol. The van der Waals surface area contributed by atoms with E-state index in [0.29, 0.717) is 28.6 Å². The lowest BCUT2D eigenvalue weighted by Crippen LogP contribution is -2.54. The van der Waals surface area contributed by atoms with Gasteiger partial charge in [-0.15, -0.1) is 0 Å². The summed E-state index contributed by atoms with van der Waals surface area (Å²) in [6, 6.07) is 0. The van der Waals surface area contributed by atoms with Gasteiger partial charge in [0, 0.05) is 0 Å². The van der Waals surface area contributed by atoms with Crippen LogP contribution in [0.2, 0.25) is 0 Å². The summed E-state index contributed by atoms with van der Waals surface area (Å²) in [5, 5.41) is 10.9. The molecule has 0 saturated heterocycles. The van der Waals surface area contributed by atoms with E-state index in [1.807, 2.05) is 0 Å². The van der Waals surface area contributed by atoms with Crippen molar-refractivity contribution in [1.82, 2.24) is 0 Å². The van der Waals surface area contributed by atoms with Crippen LogP contribution < -0.4 is 0 Å². The molecule has 4 rings (SSSR count). The fraction of sp³-hybridized carbons (Fsp3) is 1.00. The summed E-state index contributed by atoms with van der Waals surface area (Å²) in [5.41, 5.74) is 1.17. The Labute approximate surface area is 118 Å².